The summed E-state index contributed by atoms with van der Waals surface area (Å²) in [7, 11) is 0. The Morgan fingerprint density at radius 3 is 2.48 bits per heavy atom. The first-order valence-corrected chi connectivity index (χ1v) is 7.00. The molecule has 21 heavy (non-hydrogen) atoms. The van der Waals surface area contributed by atoms with E-state index in [1.54, 1.807) is 11.0 Å². The van der Waals surface area contributed by atoms with E-state index < -0.39 is 6.09 Å². The lowest BCUT2D eigenvalue weighted by molar-refractivity contribution is 0.0447. The fraction of sp³-hybridized carbons (Fsp3) is 0.500. The number of pyridine rings is 1. The largest absolute Gasteiger partial charge is 0.465 e. The topological polar surface area (TPSA) is 99.8 Å². The van der Waals surface area contributed by atoms with Crippen LogP contribution in [0.15, 0.2) is 12.3 Å². The monoisotopic (exact) mass is 290 g/mol. The second-order valence-corrected chi connectivity index (χ2v) is 5.71. The predicted molar refractivity (Wildman–Crippen MR) is 76.0 cm³/mol. The van der Waals surface area contributed by atoms with Crippen molar-refractivity contribution >= 4 is 17.8 Å². The molecular weight excluding hydrogens is 272 g/mol. The molecule has 0 spiro atoms. The molecule has 2 amide bonds. The third-order valence-corrected chi connectivity index (χ3v) is 4.35. The number of aryl methyl sites for hydroxylation is 1. The molecule has 2 bridgehead atoms. The van der Waals surface area contributed by atoms with Gasteiger partial charge in [0.15, 0.2) is 0 Å². The smallest absolute Gasteiger partial charge is 0.407 e. The van der Waals surface area contributed by atoms with Crippen molar-refractivity contribution in [3.63, 3.8) is 0 Å². The first-order valence-electron chi connectivity index (χ1n) is 7.00. The van der Waals surface area contributed by atoms with Crippen LogP contribution in [-0.4, -0.2) is 57.1 Å². The summed E-state index contributed by atoms with van der Waals surface area (Å²) in [5.41, 5.74) is 6.93. The zero-order valence-corrected chi connectivity index (χ0v) is 11.8. The number of hydrogen-bond donors (Lipinski definition) is 2. The van der Waals surface area contributed by atoms with Crippen LogP contribution in [0.5, 0.6) is 0 Å². The number of likely N-dealkylation sites (tertiary alicyclic amines) is 1. The Bertz CT molecular complexity index is 590. The molecule has 7 nitrogen and oxygen atoms in total. The molecule has 2 atom stereocenters. The molecule has 2 saturated heterocycles. The average molecular weight is 290 g/mol. The van der Waals surface area contributed by atoms with Gasteiger partial charge in [0.05, 0.1) is 17.6 Å². The van der Waals surface area contributed by atoms with Gasteiger partial charge < -0.3 is 15.7 Å². The maximum Gasteiger partial charge on any atom is 0.407 e. The summed E-state index contributed by atoms with van der Waals surface area (Å²) in [4.78, 5) is 31.1. The van der Waals surface area contributed by atoms with Gasteiger partial charge >= 0.3 is 6.09 Å². The number of nitrogen functional groups attached to an aromatic ring is 1. The van der Waals surface area contributed by atoms with Crippen LogP contribution >= 0.6 is 0 Å². The Kier molecular flexibility index (Phi) is 3.19. The summed E-state index contributed by atoms with van der Waals surface area (Å²) in [6.07, 6.45) is 2.25. The van der Waals surface area contributed by atoms with E-state index in [-0.39, 0.29) is 18.0 Å². The SMILES string of the molecule is Cc1cc(N)ncc1C(=O)N1CC2CCC(C1)N2C(=O)O. The van der Waals surface area contributed by atoms with Gasteiger partial charge in [-0.15, -0.1) is 0 Å². The van der Waals surface area contributed by atoms with Gasteiger partial charge in [-0.1, -0.05) is 0 Å². The van der Waals surface area contributed by atoms with Crippen LogP contribution in [0.25, 0.3) is 0 Å². The molecule has 2 fully saturated rings. The highest BCUT2D eigenvalue weighted by molar-refractivity contribution is 5.95. The number of nitrogens with two attached hydrogens (primary N) is 1. The van der Waals surface area contributed by atoms with Crippen molar-refractivity contribution in [3.8, 4) is 0 Å². The Morgan fingerprint density at radius 1 is 1.33 bits per heavy atom. The Hall–Kier alpha value is -2.31. The van der Waals surface area contributed by atoms with Crippen molar-refractivity contribution in [2.45, 2.75) is 31.8 Å². The second-order valence-electron chi connectivity index (χ2n) is 5.71. The summed E-state index contributed by atoms with van der Waals surface area (Å²) >= 11 is 0. The fourth-order valence-corrected chi connectivity index (χ4v) is 3.35. The fourth-order valence-electron chi connectivity index (χ4n) is 3.35. The van der Waals surface area contributed by atoms with Crippen molar-refractivity contribution in [3.05, 3.63) is 23.4 Å². The van der Waals surface area contributed by atoms with Crippen LogP contribution in [-0.2, 0) is 0 Å². The van der Waals surface area contributed by atoms with Gasteiger partial charge in [0.2, 0.25) is 0 Å². The lowest BCUT2D eigenvalue weighted by Gasteiger charge is -2.39. The molecule has 112 valence electrons. The maximum atomic E-state index is 12.6. The molecule has 0 aromatic carbocycles. The predicted octanol–water partition coefficient (Wildman–Crippen LogP) is 0.939. The Labute approximate surface area is 122 Å². The lowest BCUT2D eigenvalue weighted by atomic mass is 10.1. The van der Waals surface area contributed by atoms with Gasteiger partial charge in [-0.3, -0.25) is 9.69 Å². The number of amides is 2. The molecule has 1 aromatic rings. The molecule has 0 aliphatic carbocycles. The minimum atomic E-state index is -0.889. The Balaban J connectivity index is 1.80. The second kappa shape index (κ2) is 4.91. The number of piperazine rings is 1. The van der Waals surface area contributed by atoms with Gasteiger partial charge in [-0.25, -0.2) is 9.78 Å². The van der Waals surface area contributed by atoms with Crippen molar-refractivity contribution < 1.29 is 14.7 Å². The highest BCUT2D eigenvalue weighted by atomic mass is 16.4. The number of anilines is 1. The molecule has 0 saturated carbocycles. The summed E-state index contributed by atoms with van der Waals surface area (Å²) in [5, 5.41) is 9.23. The average Bonchev–Trinajstić information content (AvgIpc) is 2.69. The minimum absolute atomic E-state index is 0.0905. The molecule has 3 N–H and O–H groups in total. The highest BCUT2D eigenvalue weighted by Gasteiger charge is 2.44. The maximum absolute atomic E-state index is 12.6. The molecule has 3 rings (SSSR count). The van der Waals surface area contributed by atoms with E-state index in [9.17, 15) is 14.7 Å². The van der Waals surface area contributed by atoms with E-state index in [4.69, 9.17) is 5.73 Å². The standard InChI is InChI=1S/C14H18N4O3/c1-8-4-12(15)16-5-11(8)13(19)17-6-9-2-3-10(7-17)18(9)14(20)21/h4-5,9-10H,2-3,6-7H2,1H3,(H2,15,16)(H,20,21). The highest BCUT2D eigenvalue weighted by Crippen LogP contribution is 2.31. The molecule has 2 aliphatic rings. The van der Waals surface area contributed by atoms with E-state index in [1.807, 2.05) is 6.92 Å². The number of aromatic nitrogens is 1. The van der Waals surface area contributed by atoms with E-state index in [1.165, 1.54) is 11.1 Å². The molecule has 1 aromatic heterocycles. The van der Waals surface area contributed by atoms with Gasteiger partial charge in [0, 0.05) is 19.3 Å². The molecule has 0 radical (unpaired) electrons. The van der Waals surface area contributed by atoms with Crippen molar-refractivity contribution in [2.75, 3.05) is 18.8 Å². The van der Waals surface area contributed by atoms with E-state index in [0.29, 0.717) is 24.5 Å². The van der Waals surface area contributed by atoms with Gasteiger partial charge in [-0.05, 0) is 31.4 Å². The number of fused-ring (bicyclic) bond motifs is 2. The van der Waals surface area contributed by atoms with Crippen LogP contribution < -0.4 is 5.73 Å². The van der Waals surface area contributed by atoms with Gasteiger partial charge in [0.1, 0.15) is 5.82 Å². The van der Waals surface area contributed by atoms with Crippen LogP contribution in [0, 0.1) is 6.92 Å². The van der Waals surface area contributed by atoms with Crippen molar-refractivity contribution in [1.29, 1.82) is 0 Å². The van der Waals surface area contributed by atoms with Crippen molar-refractivity contribution in [2.24, 2.45) is 0 Å². The molecule has 7 heteroatoms. The third-order valence-electron chi connectivity index (χ3n) is 4.35. The molecule has 2 unspecified atom stereocenters. The van der Waals surface area contributed by atoms with Crippen LogP contribution in [0.3, 0.4) is 0 Å². The number of hydrogen-bond acceptors (Lipinski definition) is 4. The van der Waals surface area contributed by atoms with E-state index in [0.717, 1.165) is 18.4 Å². The quantitative estimate of drug-likeness (QED) is 0.801. The summed E-state index contributed by atoms with van der Waals surface area (Å²) < 4.78 is 0. The molecule has 3 heterocycles. The van der Waals surface area contributed by atoms with Gasteiger partial charge in [0.25, 0.3) is 5.91 Å². The molecule has 2 aliphatic heterocycles. The van der Waals surface area contributed by atoms with E-state index >= 15 is 0 Å². The molecular formula is C14H18N4O3. The van der Waals surface area contributed by atoms with Crippen LogP contribution in [0.2, 0.25) is 0 Å². The lowest BCUT2D eigenvalue weighted by Crippen LogP contribution is -2.56. The third kappa shape index (κ3) is 2.28. The number of carboxylic acid groups (broad SMARTS) is 1. The number of carbonyl (C=O) groups is 2. The van der Waals surface area contributed by atoms with Gasteiger partial charge in [-0.2, -0.15) is 0 Å². The van der Waals surface area contributed by atoms with Crippen LogP contribution in [0.1, 0.15) is 28.8 Å². The zero-order valence-electron chi connectivity index (χ0n) is 11.8. The first-order chi connectivity index (χ1) is 9.97. The Morgan fingerprint density at radius 2 is 1.95 bits per heavy atom. The normalized spacial score (nSPS) is 24.2. The number of carbonyl (C=O) groups excluding carboxylic acids is 1. The summed E-state index contributed by atoms with van der Waals surface area (Å²) in [5.74, 6) is 0.293. The van der Waals surface area contributed by atoms with Crippen LogP contribution in [0.4, 0.5) is 10.6 Å². The minimum Gasteiger partial charge on any atom is -0.465 e. The number of nitrogens with zero attached hydrogens (tertiary/aromatic N) is 3. The van der Waals surface area contributed by atoms with Crippen molar-refractivity contribution in [1.82, 2.24) is 14.8 Å². The van der Waals surface area contributed by atoms with E-state index in [2.05, 4.69) is 4.98 Å². The summed E-state index contributed by atoms with van der Waals surface area (Å²) in [6.45, 7) is 2.73. The zero-order chi connectivity index (χ0) is 15.1. The first kappa shape index (κ1) is 13.7. The summed E-state index contributed by atoms with van der Waals surface area (Å²) in [6, 6.07) is 1.49. The number of rotatable bonds is 1.